The quantitative estimate of drug-likeness (QED) is 0.675. The summed E-state index contributed by atoms with van der Waals surface area (Å²) in [5.74, 6) is -0.105. The van der Waals surface area contributed by atoms with E-state index < -0.39 is 0 Å². The summed E-state index contributed by atoms with van der Waals surface area (Å²) >= 11 is 1.19. The number of carbonyl (C=O) groups is 2. The first kappa shape index (κ1) is 17.0. The number of hydrogen-bond acceptors (Lipinski definition) is 5. The molecule has 1 amide bonds. The Labute approximate surface area is 147 Å². The zero-order chi connectivity index (χ0) is 17.8. The van der Waals surface area contributed by atoms with Gasteiger partial charge in [-0.25, -0.2) is 9.37 Å². The Morgan fingerprint density at radius 2 is 1.92 bits per heavy atom. The highest BCUT2D eigenvalue weighted by molar-refractivity contribution is 7.22. The van der Waals surface area contributed by atoms with Gasteiger partial charge >= 0.3 is 0 Å². The number of anilines is 1. The first-order valence-electron chi connectivity index (χ1n) is 7.58. The minimum atomic E-state index is -0.348. The highest BCUT2D eigenvalue weighted by Gasteiger charge is 2.12. The number of hydrogen-bond donors (Lipinski definition) is 1. The lowest BCUT2D eigenvalue weighted by Crippen LogP contribution is -2.13. The Morgan fingerprint density at radius 1 is 1.16 bits per heavy atom. The summed E-state index contributed by atoms with van der Waals surface area (Å²) in [5, 5.41) is 3.04. The Balaban J connectivity index is 1.57. The second kappa shape index (κ2) is 7.40. The predicted molar refractivity (Wildman–Crippen MR) is 94.8 cm³/mol. The van der Waals surface area contributed by atoms with Crippen LogP contribution in [-0.2, 0) is 4.79 Å². The highest BCUT2D eigenvalue weighted by atomic mass is 32.1. The maximum absolute atomic E-state index is 13.2. The van der Waals surface area contributed by atoms with Crippen LogP contribution < -0.4 is 10.1 Å². The molecule has 3 aromatic rings. The molecule has 0 radical (unpaired) electrons. The van der Waals surface area contributed by atoms with Gasteiger partial charge in [0.1, 0.15) is 11.6 Å². The fourth-order valence-corrected chi connectivity index (χ4v) is 3.19. The van der Waals surface area contributed by atoms with Crippen LogP contribution >= 0.6 is 11.3 Å². The van der Waals surface area contributed by atoms with Crippen LogP contribution in [0.1, 0.15) is 23.2 Å². The van der Waals surface area contributed by atoms with E-state index in [1.165, 1.54) is 23.5 Å². The zero-order valence-electron chi connectivity index (χ0n) is 13.4. The normalized spacial score (nSPS) is 10.6. The van der Waals surface area contributed by atoms with E-state index in [-0.39, 0.29) is 30.3 Å². The molecule has 3 rings (SSSR count). The fourth-order valence-electron chi connectivity index (χ4n) is 2.28. The number of ketones is 1. The van der Waals surface area contributed by atoms with E-state index in [0.717, 1.165) is 0 Å². The number of rotatable bonds is 6. The molecule has 1 aromatic heterocycles. The van der Waals surface area contributed by atoms with Gasteiger partial charge in [-0.3, -0.25) is 9.59 Å². The molecule has 5 nitrogen and oxygen atoms in total. The third-order valence-corrected chi connectivity index (χ3v) is 4.52. The molecule has 128 valence electrons. The highest BCUT2D eigenvalue weighted by Crippen LogP contribution is 2.26. The Hall–Kier alpha value is -2.80. The van der Waals surface area contributed by atoms with Crippen molar-refractivity contribution in [3.8, 4) is 5.75 Å². The summed E-state index contributed by atoms with van der Waals surface area (Å²) in [7, 11) is 1.55. The monoisotopic (exact) mass is 358 g/mol. The van der Waals surface area contributed by atoms with Gasteiger partial charge in [0.25, 0.3) is 0 Å². The van der Waals surface area contributed by atoms with E-state index in [1.54, 1.807) is 37.4 Å². The molecule has 0 saturated carbocycles. The smallest absolute Gasteiger partial charge is 0.226 e. The second-order valence-electron chi connectivity index (χ2n) is 5.33. The van der Waals surface area contributed by atoms with Crippen molar-refractivity contribution in [3.63, 3.8) is 0 Å². The van der Waals surface area contributed by atoms with E-state index in [1.807, 2.05) is 0 Å². The van der Waals surface area contributed by atoms with Crippen molar-refractivity contribution in [2.75, 3.05) is 12.4 Å². The van der Waals surface area contributed by atoms with Crippen LogP contribution in [0.4, 0.5) is 9.52 Å². The van der Waals surface area contributed by atoms with Crippen LogP contribution in [0, 0.1) is 5.82 Å². The first-order valence-corrected chi connectivity index (χ1v) is 8.40. The summed E-state index contributed by atoms with van der Waals surface area (Å²) < 4.78 is 18.9. The maximum Gasteiger partial charge on any atom is 0.226 e. The van der Waals surface area contributed by atoms with E-state index in [0.29, 0.717) is 26.7 Å². The molecule has 0 unspecified atom stereocenters. The minimum Gasteiger partial charge on any atom is -0.497 e. The molecular formula is C18H15FN2O3S. The van der Waals surface area contributed by atoms with Crippen molar-refractivity contribution in [1.82, 2.24) is 4.98 Å². The molecule has 0 fully saturated rings. The van der Waals surface area contributed by atoms with Crippen molar-refractivity contribution < 1.29 is 18.7 Å². The van der Waals surface area contributed by atoms with E-state index >= 15 is 0 Å². The van der Waals surface area contributed by atoms with Crippen molar-refractivity contribution in [3.05, 3.63) is 53.8 Å². The molecule has 0 spiro atoms. The van der Waals surface area contributed by atoms with Crippen molar-refractivity contribution in [2.45, 2.75) is 12.8 Å². The summed E-state index contributed by atoms with van der Waals surface area (Å²) in [5.41, 5.74) is 1.15. The second-order valence-corrected chi connectivity index (χ2v) is 6.36. The first-order chi connectivity index (χ1) is 12.0. The maximum atomic E-state index is 13.2. The van der Waals surface area contributed by atoms with Gasteiger partial charge in [0.05, 0.1) is 17.3 Å². The molecule has 0 aliphatic heterocycles. The van der Waals surface area contributed by atoms with Gasteiger partial charge in [0, 0.05) is 18.4 Å². The lowest BCUT2D eigenvalue weighted by molar-refractivity contribution is -0.116. The van der Waals surface area contributed by atoms with Crippen molar-refractivity contribution in [2.24, 2.45) is 0 Å². The number of Topliss-reactive ketones (excluding diaryl/α,β-unsaturated/α-hetero) is 1. The van der Waals surface area contributed by atoms with Crippen LogP contribution in [0.5, 0.6) is 5.75 Å². The summed E-state index contributed by atoms with van der Waals surface area (Å²) in [6, 6.07) is 11.0. The zero-order valence-corrected chi connectivity index (χ0v) is 14.2. The topological polar surface area (TPSA) is 68.3 Å². The number of benzene rings is 2. The Bertz CT molecular complexity index is 922. The molecule has 0 bridgehead atoms. The largest absolute Gasteiger partial charge is 0.497 e. The van der Waals surface area contributed by atoms with Crippen molar-refractivity contribution >= 4 is 38.4 Å². The number of amides is 1. The predicted octanol–water partition coefficient (Wildman–Crippen LogP) is 4.05. The molecule has 7 heteroatoms. The van der Waals surface area contributed by atoms with Gasteiger partial charge in [-0.15, -0.1) is 0 Å². The van der Waals surface area contributed by atoms with Crippen LogP contribution in [0.2, 0.25) is 0 Å². The molecule has 0 aliphatic carbocycles. The molecule has 0 saturated heterocycles. The minimum absolute atomic E-state index is 0.0507. The molecular weight excluding hydrogens is 343 g/mol. The van der Waals surface area contributed by atoms with Gasteiger partial charge in [-0.1, -0.05) is 11.3 Å². The number of aromatic nitrogens is 1. The fraction of sp³-hybridized carbons (Fsp3) is 0.167. The Morgan fingerprint density at radius 3 is 2.64 bits per heavy atom. The number of carbonyl (C=O) groups excluding carboxylic acids is 2. The number of nitrogens with one attached hydrogen (secondary N) is 1. The average Bonchev–Trinajstić information content (AvgIpc) is 3.01. The molecule has 0 atom stereocenters. The number of nitrogens with zero attached hydrogens (tertiary/aromatic N) is 1. The third-order valence-electron chi connectivity index (χ3n) is 3.59. The van der Waals surface area contributed by atoms with E-state index in [4.69, 9.17) is 4.74 Å². The summed E-state index contributed by atoms with van der Waals surface area (Å²) in [4.78, 5) is 28.3. The van der Waals surface area contributed by atoms with Crippen molar-refractivity contribution in [1.29, 1.82) is 0 Å². The summed E-state index contributed by atoms with van der Waals surface area (Å²) in [6.45, 7) is 0. The SMILES string of the molecule is COc1ccc(C(=O)CCC(=O)Nc2nc3ccc(F)cc3s2)cc1. The van der Waals surface area contributed by atoms with Gasteiger partial charge < -0.3 is 10.1 Å². The number of thiazole rings is 1. The third kappa shape index (κ3) is 4.19. The van der Waals surface area contributed by atoms with E-state index in [2.05, 4.69) is 10.3 Å². The Kier molecular flexibility index (Phi) is 5.04. The van der Waals surface area contributed by atoms with Gasteiger partial charge in [0.2, 0.25) is 5.91 Å². The van der Waals surface area contributed by atoms with Crippen LogP contribution in [0.25, 0.3) is 10.2 Å². The summed E-state index contributed by atoms with van der Waals surface area (Å²) in [6.07, 6.45) is 0.146. The lowest BCUT2D eigenvalue weighted by Gasteiger charge is -2.03. The lowest BCUT2D eigenvalue weighted by atomic mass is 10.1. The molecule has 1 N–H and O–H groups in total. The molecule has 2 aromatic carbocycles. The standard InChI is InChI=1S/C18H15FN2O3S/c1-24-13-5-2-11(3-6-13)15(22)8-9-17(23)21-18-20-14-7-4-12(19)10-16(14)25-18/h2-7,10H,8-9H2,1H3,(H,20,21,23). The van der Waals surface area contributed by atoms with E-state index in [9.17, 15) is 14.0 Å². The average molecular weight is 358 g/mol. The number of halogens is 1. The number of ether oxygens (including phenoxy) is 1. The van der Waals surface area contributed by atoms with Crippen LogP contribution in [0.3, 0.4) is 0 Å². The van der Waals surface area contributed by atoms with Gasteiger partial charge in [-0.05, 0) is 42.5 Å². The molecule has 1 heterocycles. The van der Waals surface area contributed by atoms with Gasteiger partial charge in [-0.2, -0.15) is 0 Å². The number of methoxy groups -OCH3 is 1. The number of fused-ring (bicyclic) bond motifs is 1. The van der Waals surface area contributed by atoms with Crippen LogP contribution in [-0.4, -0.2) is 23.8 Å². The molecule has 0 aliphatic rings. The van der Waals surface area contributed by atoms with Gasteiger partial charge in [0.15, 0.2) is 10.9 Å². The molecule has 25 heavy (non-hydrogen) atoms. The van der Waals surface area contributed by atoms with Crippen LogP contribution in [0.15, 0.2) is 42.5 Å².